The summed E-state index contributed by atoms with van der Waals surface area (Å²) in [5.41, 5.74) is 3.07. The Bertz CT molecular complexity index is 587. The Kier molecular flexibility index (Phi) is 4.28. The van der Waals surface area contributed by atoms with Crippen LogP contribution in [0.5, 0.6) is 0 Å². The van der Waals surface area contributed by atoms with Gasteiger partial charge in [-0.15, -0.1) is 10.2 Å². The maximum absolute atomic E-state index is 4.30. The zero-order valence-corrected chi connectivity index (χ0v) is 10.9. The van der Waals surface area contributed by atoms with Crippen LogP contribution < -0.4 is 0 Å². The second-order valence-corrected chi connectivity index (χ2v) is 3.63. The minimum atomic E-state index is 0. The van der Waals surface area contributed by atoms with Crippen LogP contribution >= 0.6 is 0 Å². The Morgan fingerprint density at radius 3 is 2.11 bits per heavy atom. The van der Waals surface area contributed by atoms with Crippen LogP contribution in [0.4, 0.5) is 0 Å². The molecule has 19 heavy (non-hydrogen) atoms. The minimum absolute atomic E-state index is 0. The summed E-state index contributed by atoms with van der Waals surface area (Å²) in [5.74, 6) is 0. The van der Waals surface area contributed by atoms with Gasteiger partial charge in [-0.25, -0.2) is 0 Å². The third-order valence-electron chi connectivity index (χ3n) is 2.49. The molecule has 0 unspecified atom stereocenters. The van der Waals surface area contributed by atoms with Crippen molar-refractivity contribution in [1.29, 1.82) is 0 Å². The summed E-state index contributed by atoms with van der Waals surface area (Å²) in [6, 6.07) is 11.4. The van der Waals surface area contributed by atoms with Gasteiger partial charge in [-0.3, -0.25) is 9.97 Å². The molecule has 3 heterocycles. The Morgan fingerprint density at radius 1 is 0.789 bits per heavy atom. The number of aromatic nitrogens is 5. The minimum Gasteiger partial charge on any atom is -0.256 e. The molecule has 0 fully saturated rings. The molecule has 6 heteroatoms. The molecule has 0 saturated carbocycles. The Labute approximate surface area is 120 Å². The van der Waals surface area contributed by atoms with Crippen LogP contribution in [-0.2, 0) is 17.1 Å². The maximum atomic E-state index is 4.30. The first kappa shape index (κ1) is 13.3. The number of nitrogens with zero attached hydrogens (tertiary/aromatic N) is 5. The molecule has 0 amide bonds. The van der Waals surface area contributed by atoms with Crippen molar-refractivity contribution in [3.63, 3.8) is 0 Å². The van der Waals surface area contributed by atoms with E-state index in [2.05, 4.69) is 25.4 Å². The standard InChI is InChI=1S/C13H9N5.Fe/c1-3-7-14-11(5-1)10-9-16-18-17-13(10)12-6-2-4-8-15-12;/h1-9H;/q;+3. The van der Waals surface area contributed by atoms with Crippen molar-refractivity contribution < 1.29 is 17.1 Å². The molecular formula is C13H9FeN5+3. The largest absolute Gasteiger partial charge is 3.00 e. The van der Waals surface area contributed by atoms with Gasteiger partial charge in [0.05, 0.1) is 23.1 Å². The fraction of sp³-hybridized carbons (Fsp3) is 0. The van der Waals surface area contributed by atoms with E-state index in [9.17, 15) is 0 Å². The summed E-state index contributed by atoms with van der Waals surface area (Å²) >= 11 is 0. The number of hydrogen-bond acceptors (Lipinski definition) is 5. The molecule has 0 atom stereocenters. The third-order valence-corrected chi connectivity index (χ3v) is 2.49. The van der Waals surface area contributed by atoms with Gasteiger partial charge in [-0.1, -0.05) is 12.1 Å². The van der Waals surface area contributed by atoms with Crippen LogP contribution in [-0.4, -0.2) is 25.4 Å². The normalized spacial score (nSPS) is 9.68. The van der Waals surface area contributed by atoms with Gasteiger partial charge in [0.25, 0.3) is 0 Å². The third kappa shape index (κ3) is 2.81. The average molecular weight is 291 g/mol. The Hall–Kier alpha value is -2.17. The Morgan fingerprint density at radius 2 is 1.47 bits per heavy atom. The summed E-state index contributed by atoms with van der Waals surface area (Å²) in [6.07, 6.45) is 5.11. The van der Waals surface area contributed by atoms with Crippen LogP contribution in [0.2, 0.25) is 0 Å². The van der Waals surface area contributed by atoms with Crippen molar-refractivity contribution in [1.82, 2.24) is 25.4 Å². The molecule has 5 nitrogen and oxygen atoms in total. The number of rotatable bonds is 2. The molecular weight excluding hydrogens is 282 g/mol. The van der Waals surface area contributed by atoms with Crippen molar-refractivity contribution in [3.8, 4) is 22.6 Å². The second-order valence-electron chi connectivity index (χ2n) is 3.63. The molecule has 0 aliphatic rings. The van der Waals surface area contributed by atoms with Crippen molar-refractivity contribution in [2.75, 3.05) is 0 Å². The van der Waals surface area contributed by atoms with E-state index in [1.807, 2.05) is 36.4 Å². The van der Waals surface area contributed by atoms with Crippen LogP contribution in [0, 0.1) is 0 Å². The van der Waals surface area contributed by atoms with E-state index in [4.69, 9.17) is 0 Å². The first-order valence-electron chi connectivity index (χ1n) is 5.46. The van der Waals surface area contributed by atoms with E-state index < -0.39 is 0 Å². The van der Waals surface area contributed by atoms with E-state index in [1.54, 1.807) is 18.6 Å². The van der Waals surface area contributed by atoms with Gasteiger partial charge in [0.15, 0.2) is 0 Å². The van der Waals surface area contributed by atoms with Crippen molar-refractivity contribution in [3.05, 3.63) is 55.0 Å². The molecule has 0 bridgehead atoms. The van der Waals surface area contributed by atoms with Crippen molar-refractivity contribution >= 4 is 0 Å². The van der Waals surface area contributed by atoms with Crippen molar-refractivity contribution in [2.24, 2.45) is 0 Å². The van der Waals surface area contributed by atoms with E-state index in [0.29, 0.717) is 5.69 Å². The van der Waals surface area contributed by atoms with E-state index in [1.165, 1.54) is 0 Å². The fourth-order valence-electron chi connectivity index (χ4n) is 1.67. The smallest absolute Gasteiger partial charge is 0.256 e. The molecule has 0 N–H and O–H groups in total. The summed E-state index contributed by atoms with van der Waals surface area (Å²) in [5, 5.41) is 11.6. The SMILES string of the molecule is [Fe+3].c1ccc(-c2cnnnc2-c2ccccn2)nc1. The molecule has 0 aliphatic carbocycles. The fourth-order valence-corrected chi connectivity index (χ4v) is 1.67. The molecule has 0 saturated heterocycles. The molecule has 1 radical (unpaired) electrons. The maximum Gasteiger partial charge on any atom is 3.00 e. The molecule has 3 aromatic heterocycles. The number of hydrogen-bond donors (Lipinski definition) is 0. The van der Waals surface area contributed by atoms with Gasteiger partial charge in [-0.05, 0) is 29.5 Å². The first-order valence-corrected chi connectivity index (χ1v) is 5.46. The van der Waals surface area contributed by atoms with Gasteiger partial charge >= 0.3 is 17.1 Å². The monoisotopic (exact) mass is 291 g/mol. The molecule has 91 valence electrons. The zero-order chi connectivity index (χ0) is 12.2. The zero-order valence-electron chi connectivity index (χ0n) is 9.79. The number of pyridine rings is 2. The van der Waals surface area contributed by atoms with E-state index in [-0.39, 0.29) is 17.1 Å². The topological polar surface area (TPSA) is 64.5 Å². The molecule has 0 spiro atoms. The van der Waals surface area contributed by atoms with E-state index in [0.717, 1.165) is 17.0 Å². The molecule has 3 aromatic rings. The molecule has 0 aliphatic heterocycles. The summed E-state index contributed by atoms with van der Waals surface area (Å²) in [6.45, 7) is 0. The van der Waals surface area contributed by atoms with Crippen LogP contribution in [0.15, 0.2) is 55.0 Å². The van der Waals surface area contributed by atoms with Gasteiger partial charge < -0.3 is 0 Å². The van der Waals surface area contributed by atoms with Crippen LogP contribution in [0.3, 0.4) is 0 Å². The van der Waals surface area contributed by atoms with Crippen LogP contribution in [0.25, 0.3) is 22.6 Å². The van der Waals surface area contributed by atoms with Gasteiger partial charge in [0.1, 0.15) is 5.69 Å². The predicted octanol–water partition coefficient (Wildman–Crippen LogP) is 1.99. The first-order chi connectivity index (χ1) is 8.95. The molecule has 0 aromatic carbocycles. The summed E-state index contributed by atoms with van der Waals surface area (Å²) < 4.78 is 0. The summed E-state index contributed by atoms with van der Waals surface area (Å²) in [7, 11) is 0. The average Bonchev–Trinajstić information content (AvgIpc) is 2.49. The quantitative estimate of drug-likeness (QED) is 0.676. The predicted molar refractivity (Wildman–Crippen MR) is 66.3 cm³/mol. The van der Waals surface area contributed by atoms with Gasteiger partial charge in [0.2, 0.25) is 0 Å². The Balaban J connectivity index is 0.00000133. The summed E-state index contributed by atoms with van der Waals surface area (Å²) in [4.78, 5) is 8.58. The van der Waals surface area contributed by atoms with Gasteiger partial charge in [-0.2, -0.15) is 0 Å². The van der Waals surface area contributed by atoms with Crippen molar-refractivity contribution in [2.45, 2.75) is 0 Å². The second kappa shape index (κ2) is 6.13. The van der Waals surface area contributed by atoms with Gasteiger partial charge in [0, 0.05) is 12.4 Å². The molecule has 3 rings (SSSR count). The van der Waals surface area contributed by atoms with E-state index >= 15 is 0 Å². The van der Waals surface area contributed by atoms with Crippen LogP contribution in [0.1, 0.15) is 0 Å².